The van der Waals surface area contributed by atoms with Crippen molar-refractivity contribution >= 4 is 29.1 Å². The first-order valence-corrected chi connectivity index (χ1v) is 9.93. The molecule has 0 heterocycles. The Kier molecular flexibility index (Phi) is 10.7. The summed E-state index contributed by atoms with van der Waals surface area (Å²) in [7, 11) is 0. The fraction of sp³-hybridized carbons (Fsp3) is 0.571. The van der Waals surface area contributed by atoms with Gasteiger partial charge in [-0.25, -0.2) is 0 Å². The quantitative estimate of drug-likeness (QED) is 0.199. The molecular weight excluding hydrogens is 368 g/mol. The number of ketones is 2. The average molecular weight is 397 g/mol. The molecule has 5 nitrogen and oxygen atoms in total. The normalized spacial score (nSPS) is 10.7. The second-order valence-corrected chi connectivity index (χ2v) is 6.84. The van der Waals surface area contributed by atoms with Crippen LogP contribution in [0, 0.1) is 5.92 Å². The number of rotatable bonds is 13. The van der Waals surface area contributed by atoms with Crippen LogP contribution in [0.5, 0.6) is 11.5 Å². The Hall–Kier alpha value is -1.88. The van der Waals surface area contributed by atoms with Crippen molar-refractivity contribution < 1.29 is 23.9 Å². The maximum absolute atomic E-state index is 11.9. The molecule has 0 amide bonds. The number of halogens is 1. The van der Waals surface area contributed by atoms with Crippen LogP contribution in [-0.2, 0) is 14.4 Å². The van der Waals surface area contributed by atoms with Gasteiger partial charge in [0, 0.05) is 25.8 Å². The van der Waals surface area contributed by atoms with Crippen molar-refractivity contribution in [3.63, 3.8) is 0 Å². The molecule has 0 spiro atoms. The van der Waals surface area contributed by atoms with Crippen molar-refractivity contribution in [2.75, 3.05) is 6.61 Å². The lowest BCUT2D eigenvalue weighted by atomic mass is 9.90. The molecule has 6 heteroatoms. The molecule has 0 fully saturated rings. The second kappa shape index (κ2) is 12.5. The summed E-state index contributed by atoms with van der Waals surface area (Å²) in [5.41, 5.74) is 0. The lowest BCUT2D eigenvalue weighted by Crippen LogP contribution is -2.22. The van der Waals surface area contributed by atoms with Gasteiger partial charge in [-0.05, 0) is 25.0 Å². The van der Waals surface area contributed by atoms with E-state index in [-0.39, 0.29) is 11.6 Å². The van der Waals surface area contributed by atoms with Crippen molar-refractivity contribution in [3.8, 4) is 11.5 Å². The van der Waals surface area contributed by atoms with Gasteiger partial charge >= 0.3 is 5.97 Å². The lowest BCUT2D eigenvalue weighted by molar-refractivity contribution is -0.133. The standard InChI is InChI=1S/C21H29ClO5/c1-4-19(24)17(20(25)5-2)10-8-6-7-9-13-26-21-12-11-16(14-18(21)22)27-15(3)23/h11-12,14,17H,4-10,13H2,1-3H3. The summed E-state index contributed by atoms with van der Waals surface area (Å²) in [5.74, 6) is 0.218. The molecule has 0 atom stereocenters. The van der Waals surface area contributed by atoms with Gasteiger partial charge in [0.1, 0.15) is 23.1 Å². The van der Waals surface area contributed by atoms with Crippen molar-refractivity contribution in [1.82, 2.24) is 0 Å². The van der Waals surface area contributed by atoms with Gasteiger partial charge in [0.25, 0.3) is 0 Å². The Labute approximate surface area is 166 Å². The average Bonchev–Trinajstić information content (AvgIpc) is 2.63. The van der Waals surface area contributed by atoms with Crippen LogP contribution in [0.25, 0.3) is 0 Å². The number of Topliss-reactive ketones (excluding diaryl/α,β-unsaturated/α-hetero) is 2. The minimum absolute atomic E-state index is 0.0528. The van der Waals surface area contributed by atoms with Gasteiger partial charge in [-0.2, -0.15) is 0 Å². The molecule has 0 bridgehead atoms. The Morgan fingerprint density at radius 2 is 1.63 bits per heavy atom. The van der Waals surface area contributed by atoms with Crippen LogP contribution in [0.3, 0.4) is 0 Å². The highest BCUT2D eigenvalue weighted by atomic mass is 35.5. The molecule has 0 aliphatic carbocycles. The predicted octanol–water partition coefficient (Wildman–Crippen LogP) is 5.17. The van der Waals surface area contributed by atoms with E-state index in [1.165, 1.54) is 6.92 Å². The summed E-state index contributed by atoms with van der Waals surface area (Å²) in [6.45, 7) is 5.47. The van der Waals surface area contributed by atoms with Crippen molar-refractivity contribution in [1.29, 1.82) is 0 Å². The number of hydrogen-bond acceptors (Lipinski definition) is 5. The fourth-order valence-electron chi connectivity index (χ4n) is 2.81. The monoisotopic (exact) mass is 396 g/mol. The molecular formula is C21H29ClO5. The lowest BCUT2D eigenvalue weighted by Gasteiger charge is -2.13. The van der Waals surface area contributed by atoms with Crippen LogP contribution in [-0.4, -0.2) is 24.1 Å². The summed E-state index contributed by atoms with van der Waals surface area (Å²) in [4.78, 5) is 34.7. The zero-order chi connectivity index (χ0) is 20.2. The minimum atomic E-state index is -0.425. The van der Waals surface area contributed by atoms with E-state index >= 15 is 0 Å². The Morgan fingerprint density at radius 3 is 2.19 bits per heavy atom. The Balaban J connectivity index is 2.28. The molecule has 0 aliphatic heterocycles. The molecule has 0 unspecified atom stereocenters. The molecule has 0 N–H and O–H groups in total. The van der Waals surface area contributed by atoms with E-state index in [1.54, 1.807) is 32.0 Å². The van der Waals surface area contributed by atoms with E-state index in [2.05, 4.69) is 0 Å². The Bertz CT molecular complexity index is 625. The van der Waals surface area contributed by atoms with Crippen LogP contribution in [0.4, 0.5) is 0 Å². The first-order valence-electron chi connectivity index (χ1n) is 9.55. The summed E-state index contributed by atoms with van der Waals surface area (Å²) >= 11 is 6.12. The third-order valence-corrected chi connectivity index (χ3v) is 4.58. The number of carbonyl (C=O) groups is 3. The maximum atomic E-state index is 11.9. The van der Waals surface area contributed by atoms with Gasteiger partial charge in [-0.3, -0.25) is 14.4 Å². The van der Waals surface area contributed by atoms with Gasteiger partial charge < -0.3 is 9.47 Å². The summed E-state index contributed by atoms with van der Waals surface area (Å²) < 4.78 is 10.6. The highest BCUT2D eigenvalue weighted by Crippen LogP contribution is 2.29. The van der Waals surface area contributed by atoms with E-state index in [9.17, 15) is 14.4 Å². The van der Waals surface area contributed by atoms with Crippen LogP contribution in [0.2, 0.25) is 5.02 Å². The summed E-state index contributed by atoms with van der Waals surface area (Å²) in [5, 5.41) is 0.396. The second-order valence-electron chi connectivity index (χ2n) is 6.43. The van der Waals surface area contributed by atoms with Crippen LogP contribution in [0.1, 0.15) is 65.7 Å². The highest BCUT2D eigenvalue weighted by Gasteiger charge is 2.22. The molecule has 0 saturated carbocycles. The largest absolute Gasteiger partial charge is 0.492 e. The van der Waals surface area contributed by atoms with Crippen LogP contribution in [0.15, 0.2) is 18.2 Å². The molecule has 0 radical (unpaired) electrons. The SMILES string of the molecule is CCC(=O)C(CCCCCCOc1ccc(OC(C)=O)cc1Cl)C(=O)CC. The number of esters is 1. The summed E-state index contributed by atoms with van der Waals surface area (Å²) in [6.07, 6.45) is 5.10. The van der Waals surface area contributed by atoms with Gasteiger partial charge in [0.2, 0.25) is 0 Å². The van der Waals surface area contributed by atoms with Crippen molar-refractivity contribution in [2.24, 2.45) is 5.92 Å². The fourth-order valence-corrected chi connectivity index (χ4v) is 3.03. The summed E-state index contributed by atoms with van der Waals surface area (Å²) in [6, 6.07) is 4.87. The van der Waals surface area contributed by atoms with Crippen molar-refractivity contribution in [2.45, 2.75) is 65.7 Å². The first-order chi connectivity index (χ1) is 12.9. The van der Waals surface area contributed by atoms with E-state index < -0.39 is 11.9 Å². The van der Waals surface area contributed by atoms with E-state index in [0.717, 1.165) is 25.7 Å². The zero-order valence-corrected chi connectivity index (χ0v) is 17.1. The molecule has 0 aromatic heterocycles. The third kappa shape index (κ3) is 8.57. The van der Waals surface area contributed by atoms with Gasteiger partial charge in [-0.15, -0.1) is 0 Å². The van der Waals surface area contributed by atoms with Gasteiger partial charge in [-0.1, -0.05) is 44.7 Å². The molecule has 1 rings (SSSR count). The molecule has 150 valence electrons. The number of hydrogen-bond donors (Lipinski definition) is 0. The smallest absolute Gasteiger partial charge is 0.308 e. The number of benzene rings is 1. The number of carbonyl (C=O) groups excluding carboxylic acids is 3. The number of unbranched alkanes of at least 4 members (excludes halogenated alkanes) is 3. The first kappa shape index (κ1) is 23.2. The minimum Gasteiger partial charge on any atom is -0.492 e. The van der Waals surface area contributed by atoms with E-state index in [1.807, 2.05) is 0 Å². The maximum Gasteiger partial charge on any atom is 0.308 e. The topological polar surface area (TPSA) is 69.7 Å². The van der Waals surface area contributed by atoms with Crippen LogP contribution < -0.4 is 9.47 Å². The molecule has 0 saturated heterocycles. The highest BCUT2D eigenvalue weighted by molar-refractivity contribution is 6.32. The van der Waals surface area contributed by atoms with E-state index in [0.29, 0.717) is 42.4 Å². The molecule has 1 aromatic rings. The number of ether oxygens (including phenoxy) is 2. The third-order valence-electron chi connectivity index (χ3n) is 4.28. The molecule has 0 aliphatic rings. The van der Waals surface area contributed by atoms with Gasteiger partial charge in [0.05, 0.1) is 17.5 Å². The predicted molar refractivity (Wildman–Crippen MR) is 105 cm³/mol. The Morgan fingerprint density at radius 1 is 1.00 bits per heavy atom. The van der Waals surface area contributed by atoms with Gasteiger partial charge in [0.15, 0.2) is 0 Å². The van der Waals surface area contributed by atoms with Crippen LogP contribution >= 0.6 is 11.6 Å². The van der Waals surface area contributed by atoms with Crippen molar-refractivity contribution in [3.05, 3.63) is 23.2 Å². The molecule has 1 aromatic carbocycles. The molecule has 27 heavy (non-hydrogen) atoms. The van der Waals surface area contributed by atoms with E-state index in [4.69, 9.17) is 21.1 Å². The zero-order valence-electron chi connectivity index (χ0n) is 16.4.